The molecule has 10 aromatic rings. The smallest absolute Gasteiger partial charge is 0.137 e. The summed E-state index contributed by atoms with van der Waals surface area (Å²) in [6.07, 6.45) is 0. The molecule has 230 valence electrons. The number of nitrogens with zero attached hydrogens (tertiary/aromatic N) is 1. The van der Waals surface area contributed by atoms with Crippen molar-refractivity contribution in [2.75, 3.05) is 4.90 Å². The number of fused-ring (bicyclic) bond motifs is 8. The largest absolute Gasteiger partial charge is 0.456 e. The molecule has 0 saturated carbocycles. The maximum absolute atomic E-state index is 6.37. The van der Waals surface area contributed by atoms with Crippen LogP contribution in [0.15, 0.2) is 185 Å². The van der Waals surface area contributed by atoms with Crippen molar-refractivity contribution in [1.82, 2.24) is 0 Å². The van der Waals surface area contributed by atoms with E-state index in [9.17, 15) is 0 Å². The third kappa shape index (κ3) is 4.51. The second kappa shape index (κ2) is 11.0. The van der Waals surface area contributed by atoms with Crippen molar-refractivity contribution in [3.05, 3.63) is 176 Å². The van der Waals surface area contributed by atoms with Gasteiger partial charge in [-0.1, -0.05) is 115 Å². The minimum Gasteiger partial charge on any atom is -0.456 e. The number of para-hydroxylation sites is 2. The molecule has 2 heterocycles. The zero-order chi connectivity index (χ0) is 32.3. The highest BCUT2D eigenvalue weighted by atomic mass is 16.3. The lowest BCUT2D eigenvalue weighted by molar-refractivity contribution is 0.668. The van der Waals surface area contributed by atoms with Gasteiger partial charge in [-0.25, -0.2) is 0 Å². The van der Waals surface area contributed by atoms with Crippen LogP contribution in [0, 0.1) is 0 Å². The number of hydrogen-bond acceptors (Lipinski definition) is 3. The highest BCUT2D eigenvalue weighted by Gasteiger charge is 2.18. The first kappa shape index (κ1) is 27.5. The number of furan rings is 2. The number of hydrogen-bond donors (Lipinski definition) is 0. The average molecular weight is 628 g/mol. The minimum atomic E-state index is 0.865. The molecule has 0 aliphatic carbocycles. The van der Waals surface area contributed by atoms with E-state index in [1.807, 2.05) is 24.3 Å². The highest BCUT2D eigenvalue weighted by Crippen LogP contribution is 2.43. The van der Waals surface area contributed by atoms with Crippen molar-refractivity contribution in [2.24, 2.45) is 0 Å². The molecule has 0 atom stereocenters. The molecule has 0 amide bonds. The normalized spacial score (nSPS) is 11.7. The van der Waals surface area contributed by atoms with Gasteiger partial charge in [0, 0.05) is 50.1 Å². The first-order valence-corrected chi connectivity index (χ1v) is 16.6. The van der Waals surface area contributed by atoms with Crippen LogP contribution >= 0.6 is 0 Å². The van der Waals surface area contributed by atoms with Gasteiger partial charge in [0.25, 0.3) is 0 Å². The van der Waals surface area contributed by atoms with Crippen LogP contribution in [0.1, 0.15) is 0 Å². The second-order valence-corrected chi connectivity index (χ2v) is 12.5. The van der Waals surface area contributed by atoms with Gasteiger partial charge in [0.15, 0.2) is 0 Å². The van der Waals surface area contributed by atoms with E-state index < -0.39 is 0 Å². The molecular formula is C46H29NO2. The van der Waals surface area contributed by atoms with E-state index in [0.717, 1.165) is 66.5 Å². The lowest BCUT2D eigenvalue weighted by Crippen LogP contribution is -2.10. The van der Waals surface area contributed by atoms with Gasteiger partial charge in [-0.3, -0.25) is 0 Å². The van der Waals surface area contributed by atoms with Crippen LogP contribution in [0.5, 0.6) is 0 Å². The Hall–Kier alpha value is -6.58. The maximum Gasteiger partial charge on any atom is 0.137 e. The van der Waals surface area contributed by atoms with E-state index in [4.69, 9.17) is 8.83 Å². The predicted molar refractivity (Wildman–Crippen MR) is 204 cm³/mol. The predicted octanol–water partition coefficient (Wildman–Crippen LogP) is 13.4. The van der Waals surface area contributed by atoms with E-state index in [2.05, 4.69) is 157 Å². The molecule has 8 aromatic carbocycles. The molecule has 2 aromatic heterocycles. The second-order valence-electron chi connectivity index (χ2n) is 12.5. The Bertz CT molecular complexity index is 2830. The van der Waals surface area contributed by atoms with Gasteiger partial charge >= 0.3 is 0 Å². The molecule has 10 rings (SSSR count). The van der Waals surface area contributed by atoms with Crippen molar-refractivity contribution in [3.8, 4) is 22.3 Å². The van der Waals surface area contributed by atoms with Crippen LogP contribution in [0.4, 0.5) is 17.1 Å². The third-order valence-electron chi connectivity index (χ3n) is 9.65. The highest BCUT2D eigenvalue weighted by molar-refractivity contribution is 6.23. The van der Waals surface area contributed by atoms with Crippen LogP contribution in [-0.4, -0.2) is 0 Å². The Labute approximate surface area is 282 Å². The van der Waals surface area contributed by atoms with Crippen molar-refractivity contribution < 1.29 is 8.83 Å². The molecule has 0 aliphatic heterocycles. The minimum absolute atomic E-state index is 0.865. The lowest BCUT2D eigenvalue weighted by Gasteiger charge is -2.26. The Morgan fingerprint density at radius 1 is 0.327 bits per heavy atom. The molecule has 3 heteroatoms. The molecule has 0 unspecified atom stereocenters. The van der Waals surface area contributed by atoms with Crippen LogP contribution in [-0.2, 0) is 0 Å². The van der Waals surface area contributed by atoms with Crippen molar-refractivity contribution in [1.29, 1.82) is 0 Å². The van der Waals surface area contributed by atoms with E-state index in [-0.39, 0.29) is 0 Å². The molecule has 0 fully saturated rings. The summed E-state index contributed by atoms with van der Waals surface area (Å²) in [5.74, 6) is 0. The summed E-state index contributed by atoms with van der Waals surface area (Å²) in [5.41, 5.74) is 11.4. The molecule has 0 radical (unpaired) electrons. The van der Waals surface area contributed by atoms with Gasteiger partial charge in [-0.15, -0.1) is 0 Å². The molecule has 3 nitrogen and oxygen atoms in total. The van der Waals surface area contributed by atoms with Crippen LogP contribution < -0.4 is 4.90 Å². The van der Waals surface area contributed by atoms with Gasteiger partial charge < -0.3 is 13.7 Å². The molecular weight excluding hydrogens is 599 g/mol. The number of rotatable bonds is 5. The van der Waals surface area contributed by atoms with Crippen molar-refractivity contribution in [3.63, 3.8) is 0 Å². The van der Waals surface area contributed by atoms with Crippen LogP contribution in [0.2, 0.25) is 0 Å². The van der Waals surface area contributed by atoms with Gasteiger partial charge in [0.05, 0.1) is 0 Å². The van der Waals surface area contributed by atoms with E-state index in [0.29, 0.717) is 0 Å². The van der Waals surface area contributed by atoms with Crippen LogP contribution in [0.25, 0.3) is 76.9 Å². The zero-order valence-corrected chi connectivity index (χ0v) is 26.5. The van der Waals surface area contributed by atoms with Crippen molar-refractivity contribution >= 4 is 71.7 Å². The summed E-state index contributed by atoms with van der Waals surface area (Å²) in [6.45, 7) is 0. The number of benzene rings is 8. The van der Waals surface area contributed by atoms with E-state index >= 15 is 0 Å². The first-order valence-electron chi connectivity index (χ1n) is 16.6. The summed E-state index contributed by atoms with van der Waals surface area (Å²) in [4.78, 5) is 2.32. The van der Waals surface area contributed by atoms with Gasteiger partial charge in [-0.2, -0.15) is 0 Å². The molecule has 49 heavy (non-hydrogen) atoms. The standard InChI is InChI=1S/C46H29NO2/c1-2-10-30(11-3-1)31-20-23-34(24-21-31)47(36-25-26-39-38-15-4-6-18-41(38)49-44(39)29-36)35-14-8-13-33(28-35)37-17-9-12-32-22-27-43-46(45(32)37)40-16-5-7-19-42(40)48-43/h1-29H. The Balaban J connectivity index is 1.17. The fourth-order valence-electron chi connectivity index (χ4n) is 7.38. The third-order valence-corrected chi connectivity index (χ3v) is 9.65. The molecule has 0 aliphatic rings. The maximum atomic E-state index is 6.37. The SMILES string of the molecule is c1ccc(-c2ccc(N(c3cccc(-c4cccc5ccc6oc7ccccc7c6c45)c3)c3ccc4c(c3)oc3ccccc34)cc2)cc1. The summed E-state index contributed by atoms with van der Waals surface area (Å²) >= 11 is 0. The monoisotopic (exact) mass is 627 g/mol. The van der Waals surface area contributed by atoms with Gasteiger partial charge in [-0.05, 0) is 82.2 Å². The summed E-state index contributed by atoms with van der Waals surface area (Å²) in [6, 6.07) is 62.1. The summed E-state index contributed by atoms with van der Waals surface area (Å²) in [5, 5.41) is 6.90. The summed E-state index contributed by atoms with van der Waals surface area (Å²) in [7, 11) is 0. The Morgan fingerprint density at radius 2 is 0.959 bits per heavy atom. The van der Waals surface area contributed by atoms with E-state index in [1.165, 1.54) is 27.5 Å². The quantitative estimate of drug-likeness (QED) is 0.190. The zero-order valence-electron chi connectivity index (χ0n) is 26.5. The molecule has 0 saturated heterocycles. The Kier molecular flexibility index (Phi) is 6.18. The first-order chi connectivity index (χ1) is 24.3. The van der Waals surface area contributed by atoms with E-state index in [1.54, 1.807) is 0 Å². The number of anilines is 3. The van der Waals surface area contributed by atoms with Crippen LogP contribution in [0.3, 0.4) is 0 Å². The Morgan fingerprint density at radius 3 is 1.82 bits per heavy atom. The van der Waals surface area contributed by atoms with Gasteiger partial charge in [0.1, 0.15) is 22.3 Å². The lowest BCUT2D eigenvalue weighted by atomic mass is 9.94. The average Bonchev–Trinajstić information content (AvgIpc) is 3.74. The topological polar surface area (TPSA) is 29.5 Å². The molecule has 0 N–H and O–H groups in total. The fraction of sp³-hybridized carbons (Fsp3) is 0. The molecule has 0 spiro atoms. The molecule has 0 bridgehead atoms. The fourth-order valence-corrected chi connectivity index (χ4v) is 7.38. The van der Waals surface area contributed by atoms with Crippen molar-refractivity contribution in [2.45, 2.75) is 0 Å². The summed E-state index contributed by atoms with van der Waals surface area (Å²) < 4.78 is 12.7. The van der Waals surface area contributed by atoms with Gasteiger partial charge in [0.2, 0.25) is 0 Å².